The van der Waals surface area contributed by atoms with Crippen LogP contribution >= 0.6 is 0 Å². The summed E-state index contributed by atoms with van der Waals surface area (Å²) in [5.74, 6) is 1.52. The second kappa shape index (κ2) is 9.38. The van der Waals surface area contributed by atoms with E-state index in [-0.39, 0.29) is 0 Å². The van der Waals surface area contributed by atoms with Gasteiger partial charge < -0.3 is 15.5 Å². The van der Waals surface area contributed by atoms with Gasteiger partial charge in [-0.2, -0.15) is 0 Å². The summed E-state index contributed by atoms with van der Waals surface area (Å²) in [6.45, 7) is 14.3. The standard InChI is InChI=1S/C21H35N5/c1-3-24-12-14-25(15-13-24)17-20-6-4-19(5-7-20)16-23-21(22)26-10-8-18(2)9-11-26/h4-7,18H,3,8-17H2,1-2H3,(H2,22,23). The highest BCUT2D eigenvalue weighted by atomic mass is 15.3. The van der Waals surface area contributed by atoms with Crippen molar-refractivity contribution < 1.29 is 0 Å². The number of likely N-dealkylation sites (tertiary alicyclic amines) is 1. The van der Waals surface area contributed by atoms with E-state index >= 15 is 0 Å². The van der Waals surface area contributed by atoms with E-state index in [0.717, 1.165) is 25.6 Å². The summed E-state index contributed by atoms with van der Waals surface area (Å²) >= 11 is 0. The molecule has 0 amide bonds. The minimum absolute atomic E-state index is 0.674. The third-order valence-electron chi connectivity index (χ3n) is 5.87. The first-order valence-electron chi connectivity index (χ1n) is 10.2. The average Bonchev–Trinajstić information content (AvgIpc) is 2.68. The van der Waals surface area contributed by atoms with Gasteiger partial charge in [0, 0.05) is 45.8 Å². The predicted octanol–water partition coefficient (Wildman–Crippen LogP) is 2.37. The Morgan fingerprint density at radius 3 is 2.15 bits per heavy atom. The third kappa shape index (κ3) is 5.45. The van der Waals surface area contributed by atoms with Crippen molar-refractivity contribution in [1.29, 1.82) is 0 Å². The molecule has 2 heterocycles. The van der Waals surface area contributed by atoms with E-state index in [1.54, 1.807) is 0 Å². The van der Waals surface area contributed by atoms with Gasteiger partial charge in [-0.15, -0.1) is 0 Å². The lowest BCUT2D eigenvalue weighted by atomic mass is 10.00. The maximum atomic E-state index is 6.18. The van der Waals surface area contributed by atoms with Gasteiger partial charge in [0.1, 0.15) is 0 Å². The molecule has 0 unspecified atom stereocenters. The lowest BCUT2D eigenvalue weighted by Gasteiger charge is -2.34. The minimum Gasteiger partial charge on any atom is -0.370 e. The summed E-state index contributed by atoms with van der Waals surface area (Å²) in [5.41, 5.74) is 8.81. The lowest BCUT2D eigenvalue weighted by Crippen LogP contribution is -2.45. The molecule has 0 aliphatic carbocycles. The first-order valence-corrected chi connectivity index (χ1v) is 10.2. The van der Waals surface area contributed by atoms with E-state index in [1.807, 2.05) is 0 Å². The molecule has 2 N–H and O–H groups in total. The second-order valence-corrected chi connectivity index (χ2v) is 7.87. The molecule has 5 heteroatoms. The van der Waals surface area contributed by atoms with E-state index < -0.39 is 0 Å². The number of likely N-dealkylation sites (N-methyl/N-ethyl adjacent to an activating group) is 1. The normalized spacial score (nSPS) is 21.3. The van der Waals surface area contributed by atoms with Crippen molar-refractivity contribution >= 4 is 5.96 Å². The maximum absolute atomic E-state index is 6.18. The van der Waals surface area contributed by atoms with Gasteiger partial charge in [0.05, 0.1) is 6.54 Å². The highest BCUT2D eigenvalue weighted by Gasteiger charge is 2.17. The monoisotopic (exact) mass is 357 g/mol. The van der Waals surface area contributed by atoms with Crippen LogP contribution in [-0.2, 0) is 13.1 Å². The third-order valence-corrected chi connectivity index (χ3v) is 5.87. The van der Waals surface area contributed by atoms with Crippen LogP contribution in [0.2, 0.25) is 0 Å². The van der Waals surface area contributed by atoms with Crippen LogP contribution in [0.1, 0.15) is 37.8 Å². The summed E-state index contributed by atoms with van der Waals surface area (Å²) in [5, 5.41) is 0. The molecule has 2 fully saturated rings. The number of piperidine rings is 1. The molecule has 0 bridgehead atoms. The Hall–Kier alpha value is -1.59. The average molecular weight is 358 g/mol. The first kappa shape index (κ1) is 19.2. The molecule has 0 atom stereocenters. The Morgan fingerprint density at radius 1 is 0.962 bits per heavy atom. The number of aliphatic imine (C=N–C) groups is 1. The van der Waals surface area contributed by atoms with Crippen molar-refractivity contribution in [2.75, 3.05) is 45.8 Å². The zero-order chi connectivity index (χ0) is 18.4. The van der Waals surface area contributed by atoms with Crippen LogP contribution in [0.3, 0.4) is 0 Å². The van der Waals surface area contributed by atoms with E-state index in [0.29, 0.717) is 12.5 Å². The fourth-order valence-electron chi connectivity index (χ4n) is 3.78. The number of guanidine groups is 1. The predicted molar refractivity (Wildman–Crippen MR) is 109 cm³/mol. The summed E-state index contributed by atoms with van der Waals surface area (Å²) in [4.78, 5) is 11.9. The molecular formula is C21H35N5. The van der Waals surface area contributed by atoms with E-state index in [1.165, 1.54) is 56.7 Å². The Labute approximate surface area is 158 Å². The number of benzene rings is 1. The van der Waals surface area contributed by atoms with Crippen molar-refractivity contribution in [1.82, 2.24) is 14.7 Å². The van der Waals surface area contributed by atoms with Crippen LogP contribution in [0.5, 0.6) is 0 Å². The zero-order valence-electron chi connectivity index (χ0n) is 16.5. The molecule has 2 aliphatic rings. The zero-order valence-corrected chi connectivity index (χ0v) is 16.5. The number of piperazine rings is 1. The molecule has 5 nitrogen and oxygen atoms in total. The van der Waals surface area contributed by atoms with Gasteiger partial charge in [-0.05, 0) is 36.4 Å². The van der Waals surface area contributed by atoms with Gasteiger partial charge in [0.15, 0.2) is 5.96 Å². The van der Waals surface area contributed by atoms with Crippen LogP contribution in [0.15, 0.2) is 29.3 Å². The van der Waals surface area contributed by atoms with Crippen LogP contribution in [-0.4, -0.2) is 66.5 Å². The van der Waals surface area contributed by atoms with Crippen molar-refractivity contribution in [2.24, 2.45) is 16.6 Å². The summed E-state index contributed by atoms with van der Waals surface area (Å²) < 4.78 is 0. The highest BCUT2D eigenvalue weighted by Crippen LogP contribution is 2.16. The van der Waals surface area contributed by atoms with Gasteiger partial charge in [-0.25, -0.2) is 4.99 Å². The maximum Gasteiger partial charge on any atom is 0.191 e. The molecule has 3 rings (SSSR count). The summed E-state index contributed by atoms with van der Waals surface area (Å²) in [6.07, 6.45) is 2.44. The second-order valence-electron chi connectivity index (χ2n) is 7.87. The van der Waals surface area contributed by atoms with Crippen molar-refractivity contribution in [3.8, 4) is 0 Å². The molecule has 2 saturated heterocycles. The number of nitrogens with two attached hydrogens (primary N) is 1. The first-order chi connectivity index (χ1) is 12.6. The van der Waals surface area contributed by atoms with E-state index in [2.05, 4.69) is 57.8 Å². The van der Waals surface area contributed by atoms with Crippen molar-refractivity contribution in [3.63, 3.8) is 0 Å². The Kier molecular flexibility index (Phi) is 6.92. The van der Waals surface area contributed by atoms with Crippen molar-refractivity contribution in [3.05, 3.63) is 35.4 Å². The number of hydrogen-bond donors (Lipinski definition) is 1. The smallest absolute Gasteiger partial charge is 0.191 e. The molecule has 1 aromatic rings. The van der Waals surface area contributed by atoms with Gasteiger partial charge >= 0.3 is 0 Å². The molecule has 0 radical (unpaired) electrons. The number of nitrogens with zero attached hydrogens (tertiary/aromatic N) is 4. The lowest BCUT2D eigenvalue weighted by molar-refractivity contribution is 0.132. The largest absolute Gasteiger partial charge is 0.370 e. The number of hydrogen-bond acceptors (Lipinski definition) is 3. The molecule has 0 aromatic heterocycles. The molecular weight excluding hydrogens is 322 g/mol. The molecule has 0 saturated carbocycles. The Balaban J connectivity index is 1.46. The topological polar surface area (TPSA) is 48.1 Å². The van der Waals surface area contributed by atoms with Crippen LogP contribution < -0.4 is 5.73 Å². The van der Waals surface area contributed by atoms with E-state index in [9.17, 15) is 0 Å². The van der Waals surface area contributed by atoms with Gasteiger partial charge in [-0.1, -0.05) is 38.1 Å². The fourth-order valence-corrected chi connectivity index (χ4v) is 3.78. The fraction of sp³-hybridized carbons (Fsp3) is 0.667. The van der Waals surface area contributed by atoms with Gasteiger partial charge in [0.25, 0.3) is 0 Å². The quantitative estimate of drug-likeness (QED) is 0.649. The number of rotatable bonds is 5. The van der Waals surface area contributed by atoms with Gasteiger partial charge in [0.2, 0.25) is 0 Å². The Bertz CT molecular complexity index is 567. The summed E-state index contributed by atoms with van der Waals surface area (Å²) in [7, 11) is 0. The molecule has 26 heavy (non-hydrogen) atoms. The van der Waals surface area contributed by atoms with Gasteiger partial charge in [-0.3, -0.25) is 4.90 Å². The highest BCUT2D eigenvalue weighted by molar-refractivity contribution is 5.78. The van der Waals surface area contributed by atoms with Crippen LogP contribution in [0.4, 0.5) is 0 Å². The molecule has 2 aliphatic heterocycles. The molecule has 144 valence electrons. The van der Waals surface area contributed by atoms with Crippen LogP contribution in [0.25, 0.3) is 0 Å². The summed E-state index contributed by atoms with van der Waals surface area (Å²) in [6, 6.07) is 8.89. The van der Waals surface area contributed by atoms with Crippen molar-refractivity contribution in [2.45, 2.75) is 39.8 Å². The van der Waals surface area contributed by atoms with Crippen LogP contribution in [0, 0.1) is 5.92 Å². The van der Waals surface area contributed by atoms with E-state index in [4.69, 9.17) is 5.73 Å². The molecule has 0 spiro atoms. The Morgan fingerprint density at radius 2 is 1.54 bits per heavy atom. The SMILES string of the molecule is CCN1CCN(Cc2ccc(CN=C(N)N3CCC(C)CC3)cc2)CC1. The minimum atomic E-state index is 0.674. The molecule has 1 aromatic carbocycles.